The fourth-order valence-corrected chi connectivity index (χ4v) is 1.80. The van der Waals surface area contributed by atoms with Crippen molar-refractivity contribution in [3.8, 4) is 12.3 Å². The van der Waals surface area contributed by atoms with E-state index in [4.69, 9.17) is 23.8 Å². The maximum Gasteiger partial charge on any atom is 0.254 e. The quantitative estimate of drug-likeness (QED) is 0.663. The third kappa shape index (κ3) is 3.05. The molecule has 1 heterocycles. The minimum absolute atomic E-state index is 0.0303. The minimum Gasteiger partial charge on any atom is -0.365 e. The van der Waals surface area contributed by atoms with Gasteiger partial charge in [-0.05, 0) is 23.2 Å². The maximum absolute atomic E-state index is 11.3. The van der Waals surface area contributed by atoms with Crippen molar-refractivity contribution in [3.05, 3.63) is 52.4 Å². The van der Waals surface area contributed by atoms with Gasteiger partial charge in [-0.2, -0.15) is 4.98 Å². The van der Waals surface area contributed by atoms with Crippen molar-refractivity contribution in [3.63, 3.8) is 0 Å². The van der Waals surface area contributed by atoms with Gasteiger partial charge in [0.1, 0.15) is 5.82 Å². The smallest absolute Gasteiger partial charge is 0.254 e. The zero-order valence-corrected chi connectivity index (χ0v) is 11.2. The van der Waals surface area contributed by atoms with Crippen molar-refractivity contribution in [2.45, 2.75) is 6.54 Å². The van der Waals surface area contributed by atoms with E-state index in [1.54, 1.807) is 0 Å². The molecule has 1 aromatic heterocycles. The number of anilines is 1. The molecule has 1 amide bonds. The van der Waals surface area contributed by atoms with E-state index < -0.39 is 5.91 Å². The molecule has 0 spiro atoms. The number of hydrogen-bond donors (Lipinski definition) is 2. The normalized spacial score (nSPS) is 9.80. The van der Waals surface area contributed by atoms with Gasteiger partial charge in [0.2, 0.25) is 5.28 Å². The van der Waals surface area contributed by atoms with E-state index in [-0.39, 0.29) is 16.7 Å². The summed E-state index contributed by atoms with van der Waals surface area (Å²) < 4.78 is 0. The van der Waals surface area contributed by atoms with Gasteiger partial charge in [-0.1, -0.05) is 24.1 Å². The summed E-state index contributed by atoms with van der Waals surface area (Å²) in [5, 5.41) is 3.02. The third-order valence-electron chi connectivity index (χ3n) is 2.64. The van der Waals surface area contributed by atoms with Gasteiger partial charge in [-0.3, -0.25) is 4.79 Å². The molecule has 2 rings (SSSR count). The van der Waals surface area contributed by atoms with Crippen LogP contribution in [0.15, 0.2) is 30.5 Å². The average Bonchev–Trinajstić information content (AvgIpc) is 2.45. The number of terminal acetylenes is 1. The van der Waals surface area contributed by atoms with Crippen molar-refractivity contribution in [1.82, 2.24) is 9.97 Å². The highest BCUT2D eigenvalue weighted by atomic mass is 35.5. The second-order valence-corrected chi connectivity index (χ2v) is 4.26. The van der Waals surface area contributed by atoms with E-state index in [0.29, 0.717) is 6.54 Å². The van der Waals surface area contributed by atoms with E-state index in [1.165, 1.54) is 6.20 Å². The number of halogens is 1. The molecule has 0 fully saturated rings. The van der Waals surface area contributed by atoms with Gasteiger partial charge in [0.05, 0.1) is 5.56 Å². The van der Waals surface area contributed by atoms with Crippen LogP contribution in [-0.4, -0.2) is 15.9 Å². The average molecular weight is 287 g/mol. The lowest BCUT2D eigenvalue weighted by Crippen LogP contribution is -2.16. The van der Waals surface area contributed by atoms with Gasteiger partial charge in [0.25, 0.3) is 5.91 Å². The topological polar surface area (TPSA) is 80.9 Å². The van der Waals surface area contributed by atoms with Crippen LogP contribution in [0.25, 0.3) is 0 Å². The largest absolute Gasteiger partial charge is 0.365 e. The minimum atomic E-state index is -0.630. The van der Waals surface area contributed by atoms with Crippen LogP contribution < -0.4 is 11.1 Å². The van der Waals surface area contributed by atoms with Crippen molar-refractivity contribution < 1.29 is 4.79 Å². The first-order valence-corrected chi connectivity index (χ1v) is 6.10. The number of aromatic nitrogens is 2. The second-order valence-electron chi connectivity index (χ2n) is 3.92. The molecule has 1 aromatic carbocycles. The van der Waals surface area contributed by atoms with Gasteiger partial charge in [-0.15, -0.1) is 6.42 Å². The van der Waals surface area contributed by atoms with Crippen LogP contribution in [0.3, 0.4) is 0 Å². The number of nitrogens with zero attached hydrogens (tertiary/aromatic N) is 2. The van der Waals surface area contributed by atoms with Crippen LogP contribution in [-0.2, 0) is 6.54 Å². The lowest BCUT2D eigenvalue weighted by atomic mass is 10.1. The fourth-order valence-electron chi connectivity index (χ4n) is 1.67. The molecule has 2 aromatic rings. The van der Waals surface area contributed by atoms with E-state index in [0.717, 1.165) is 11.1 Å². The summed E-state index contributed by atoms with van der Waals surface area (Å²) in [6, 6.07) is 7.45. The van der Waals surface area contributed by atoms with Gasteiger partial charge in [0.15, 0.2) is 0 Å². The van der Waals surface area contributed by atoms with E-state index >= 15 is 0 Å². The molecule has 20 heavy (non-hydrogen) atoms. The first-order valence-electron chi connectivity index (χ1n) is 5.72. The number of primary amides is 1. The first kappa shape index (κ1) is 13.8. The van der Waals surface area contributed by atoms with Crippen LogP contribution in [0.4, 0.5) is 5.82 Å². The van der Waals surface area contributed by atoms with E-state index in [2.05, 4.69) is 21.2 Å². The number of nitrogens with one attached hydrogen (secondary N) is 1. The number of rotatable bonds is 4. The summed E-state index contributed by atoms with van der Waals surface area (Å²) >= 11 is 5.72. The number of benzene rings is 1. The van der Waals surface area contributed by atoms with Gasteiger partial charge < -0.3 is 11.1 Å². The molecule has 0 bridgehead atoms. The molecule has 6 heteroatoms. The van der Waals surface area contributed by atoms with Gasteiger partial charge in [0, 0.05) is 18.3 Å². The summed E-state index contributed by atoms with van der Waals surface area (Å²) in [6.45, 7) is 0.397. The van der Waals surface area contributed by atoms with Crippen molar-refractivity contribution in [2.24, 2.45) is 5.73 Å². The Morgan fingerprint density at radius 2 is 2.20 bits per heavy atom. The zero-order chi connectivity index (χ0) is 14.5. The standard InChI is InChI=1S/C14H11ClN4O/c1-2-9-5-3-4-6-10(9)7-17-13-11(12(16)20)8-18-14(15)19-13/h1,3-6,8H,7H2,(H2,16,20)(H,17,18,19). The highest BCUT2D eigenvalue weighted by Gasteiger charge is 2.11. The molecule has 0 aliphatic heterocycles. The Kier molecular flexibility index (Phi) is 4.18. The third-order valence-corrected chi connectivity index (χ3v) is 2.83. The Labute approximate surface area is 121 Å². The van der Waals surface area contributed by atoms with Crippen molar-refractivity contribution in [2.75, 3.05) is 5.32 Å². The second kappa shape index (κ2) is 6.04. The molecule has 0 saturated carbocycles. The number of carbonyl (C=O) groups is 1. The van der Waals surface area contributed by atoms with Crippen molar-refractivity contribution in [1.29, 1.82) is 0 Å². The lowest BCUT2D eigenvalue weighted by molar-refractivity contribution is 0.100. The summed E-state index contributed by atoms with van der Waals surface area (Å²) in [4.78, 5) is 19.0. The Morgan fingerprint density at radius 3 is 2.90 bits per heavy atom. The Balaban J connectivity index is 2.25. The molecule has 0 aliphatic carbocycles. The number of hydrogen-bond acceptors (Lipinski definition) is 4. The summed E-state index contributed by atoms with van der Waals surface area (Å²) in [6.07, 6.45) is 6.71. The molecule has 5 nitrogen and oxygen atoms in total. The van der Waals surface area contributed by atoms with Crippen LogP contribution >= 0.6 is 11.6 Å². The fraction of sp³-hybridized carbons (Fsp3) is 0.0714. The molecular formula is C14H11ClN4O. The Hall–Kier alpha value is -2.58. The SMILES string of the molecule is C#Cc1ccccc1CNc1nc(Cl)ncc1C(N)=O. The molecule has 3 N–H and O–H groups in total. The molecule has 0 unspecified atom stereocenters. The van der Waals surface area contributed by atoms with E-state index in [1.807, 2.05) is 24.3 Å². The van der Waals surface area contributed by atoms with Crippen LogP contribution in [0.5, 0.6) is 0 Å². The summed E-state index contributed by atoms with van der Waals surface area (Å²) in [7, 11) is 0. The molecule has 0 atom stereocenters. The molecule has 0 saturated heterocycles. The van der Waals surface area contributed by atoms with Gasteiger partial charge in [-0.25, -0.2) is 4.98 Å². The van der Waals surface area contributed by atoms with Crippen molar-refractivity contribution >= 4 is 23.3 Å². The molecule has 0 aliphatic rings. The molecule has 100 valence electrons. The summed E-state index contributed by atoms with van der Waals surface area (Å²) in [5.74, 6) is 2.24. The van der Waals surface area contributed by atoms with E-state index in [9.17, 15) is 4.79 Å². The zero-order valence-electron chi connectivity index (χ0n) is 10.4. The number of amides is 1. The number of nitrogens with two attached hydrogens (primary N) is 1. The molecular weight excluding hydrogens is 276 g/mol. The maximum atomic E-state index is 11.3. The summed E-state index contributed by atoms with van der Waals surface area (Å²) in [5.41, 5.74) is 7.10. The monoisotopic (exact) mass is 286 g/mol. The Bertz CT molecular complexity index is 694. The highest BCUT2D eigenvalue weighted by molar-refractivity contribution is 6.28. The first-order chi connectivity index (χ1) is 9.61. The predicted molar refractivity (Wildman–Crippen MR) is 77.3 cm³/mol. The molecule has 0 radical (unpaired) electrons. The van der Waals surface area contributed by atoms with Gasteiger partial charge >= 0.3 is 0 Å². The Morgan fingerprint density at radius 1 is 1.45 bits per heavy atom. The van der Waals surface area contributed by atoms with Crippen LogP contribution in [0, 0.1) is 12.3 Å². The van der Waals surface area contributed by atoms with Crippen LogP contribution in [0.1, 0.15) is 21.5 Å². The predicted octanol–water partition coefficient (Wildman–Crippen LogP) is 1.82. The van der Waals surface area contributed by atoms with Crippen LogP contribution in [0.2, 0.25) is 5.28 Å². The number of carbonyl (C=O) groups excluding carboxylic acids is 1. The lowest BCUT2D eigenvalue weighted by Gasteiger charge is -2.10. The highest BCUT2D eigenvalue weighted by Crippen LogP contribution is 2.16.